The van der Waals surface area contributed by atoms with E-state index in [0.717, 1.165) is 30.8 Å². The first kappa shape index (κ1) is 13.7. The molecule has 0 bridgehead atoms. The molecule has 5 heteroatoms. The highest BCUT2D eigenvalue weighted by Crippen LogP contribution is 2.22. The van der Waals surface area contributed by atoms with Crippen LogP contribution in [0.1, 0.15) is 25.8 Å². The van der Waals surface area contributed by atoms with Gasteiger partial charge in [0.25, 0.3) is 0 Å². The van der Waals surface area contributed by atoms with E-state index in [1.54, 1.807) is 7.11 Å². The van der Waals surface area contributed by atoms with E-state index < -0.39 is 0 Å². The molecular formula is C12H21N3O2. The lowest BCUT2D eigenvalue weighted by atomic mass is 10.2. The van der Waals surface area contributed by atoms with Gasteiger partial charge in [-0.3, -0.25) is 0 Å². The van der Waals surface area contributed by atoms with Gasteiger partial charge in [0.1, 0.15) is 12.1 Å². The number of methoxy groups -OCH3 is 1. The number of ether oxygens (including phenoxy) is 2. The first-order chi connectivity index (χ1) is 8.33. The smallest absolute Gasteiger partial charge is 0.221 e. The maximum atomic E-state index is 5.65. The summed E-state index contributed by atoms with van der Waals surface area (Å²) < 4.78 is 10.6. The van der Waals surface area contributed by atoms with E-state index in [2.05, 4.69) is 22.2 Å². The zero-order chi connectivity index (χ0) is 12.5. The highest BCUT2D eigenvalue weighted by molar-refractivity contribution is 5.48. The Labute approximate surface area is 103 Å². The zero-order valence-corrected chi connectivity index (χ0v) is 10.8. The van der Waals surface area contributed by atoms with Gasteiger partial charge in [-0.05, 0) is 13.3 Å². The average Bonchev–Trinajstić information content (AvgIpc) is 2.35. The van der Waals surface area contributed by atoms with E-state index in [1.165, 1.54) is 6.33 Å². The van der Waals surface area contributed by atoms with Gasteiger partial charge in [0.05, 0.1) is 12.2 Å². The van der Waals surface area contributed by atoms with Gasteiger partial charge in [-0.15, -0.1) is 0 Å². The van der Waals surface area contributed by atoms with Gasteiger partial charge in [-0.25, -0.2) is 9.97 Å². The predicted octanol–water partition coefficient (Wildman–Crippen LogP) is 1.89. The predicted molar refractivity (Wildman–Crippen MR) is 67.6 cm³/mol. The molecule has 0 spiro atoms. The molecule has 1 rings (SSSR count). The van der Waals surface area contributed by atoms with Crippen molar-refractivity contribution >= 4 is 5.82 Å². The summed E-state index contributed by atoms with van der Waals surface area (Å²) in [5, 5.41) is 3.21. The third-order valence-electron chi connectivity index (χ3n) is 2.34. The molecule has 0 fully saturated rings. The highest BCUT2D eigenvalue weighted by atomic mass is 16.5. The minimum absolute atomic E-state index is 0.615. The fourth-order valence-corrected chi connectivity index (χ4v) is 1.53. The van der Waals surface area contributed by atoms with Gasteiger partial charge in [0.2, 0.25) is 5.88 Å². The van der Waals surface area contributed by atoms with Crippen molar-refractivity contribution in [2.45, 2.75) is 26.7 Å². The lowest BCUT2D eigenvalue weighted by Crippen LogP contribution is -2.09. The zero-order valence-electron chi connectivity index (χ0n) is 10.8. The van der Waals surface area contributed by atoms with Crippen LogP contribution in [0.2, 0.25) is 0 Å². The van der Waals surface area contributed by atoms with Crippen molar-refractivity contribution in [3.63, 3.8) is 0 Å². The molecule has 0 saturated carbocycles. The van der Waals surface area contributed by atoms with E-state index in [-0.39, 0.29) is 0 Å². The normalized spacial score (nSPS) is 10.3. The quantitative estimate of drug-likeness (QED) is 0.702. The molecule has 5 nitrogen and oxygen atoms in total. The van der Waals surface area contributed by atoms with Gasteiger partial charge in [0, 0.05) is 26.7 Å². The van der Waals surface area contributed by atoms with Crippen molar-refractivity contribution in [3.8, 4) is 5.88 Å². The van der Waals surface area contributed by atoms with Crippen molar-refractivity contribution in [3.05, 3.63) is 11.9 Å². The largest absolute Gasteiger partial charge is 0.477 e. The summed E-state index contributed by atoms with van der Waals surface area (Å²) in [6.07, 6.45) is 3.24. The van der Waals surface area contributed by atoms with Crippen LogP contribution in [-0.2, 0) is 11.2 Å². The van der Waals surface area contributed by atoms with Crippen LogP contribution in [0.4, 0.5) is 5.82 Å². The Morgan fingerprint density at radius 1 is 1.24 bits per heavy atom. The molecule has 0 unspecified atom stereocenters. The van der Waals surface area contributed by atoms with Crippen LogP contribution in [-0.4, -0.2) is 36.8 Å². The minimum Gasteiger partial charge on any atom is -0.477 e. The fraction of sp³-hybridized carbons (Fsp3) is 0.667. The molecule has 0 saturated heterocycles. The summed E-state index contributed by atoms with van der Waals surface area (Å²) in [7, 11) is 1.69. The van der Waals surface area contributed by atoms with Crippen molar-refractivity contribution in [2.75, 3.05) is 32.2 Å². The Kier molecular flexibility index (Phi) is 6.32. The Morgan fingerprint density at radius 2 is 2.06 bits per heavy atom. The van der Waals surface area contributed by atoms with E-state index in [9.17, 15) is 0 Å². The van der Waals surface area contributed by atoms with Crippen molar-refractivity contribution in [2.24, 2.45) is 0 Å². The van der Waals surface area contributed by atoms with Crippen LogP contribution >= 0.6 is 0 Å². The van der Waals surface area contributed by atoms with E-state index in [0.29, 0.717) is 19.1 Å². The standard InChI is InChI=1S/C12H21N3O2/c1-4-10-11(13-5-2)14-9-15-12(10)17-8-6-7-16-3/h9H,4-8H2,1-3H3,(H,13,14,15). The number of anilines is 1. The monoisotopic (exact) mass is 239 g/mol. The number of nitrogens with zero attached hydrogens (tertiary/aromatic N) is 2. The minimum atomic E-state index is 0.615. The molecule has 17 heavy (non-hydrogen) atoms. The van der Waals surface area contributed by atoms with Crippen molar-refractivity contribution in [1.82, 2.24) is 9.97 Å². The first-order valence-electron chi connectivity index (χ1n) is 6.02. The molecule has 1 heterocycles. The van der Waals surface area contributed by atoms with E-state index in [1.807, 2.05) is 6.92 Å². The molecule has 0 aliphatic rings. The summed E-state index contributed by atoms with van der Waals surface area (Å²) in [5.74, 6) is 1.54. The second-order valence-corrected chi connectivity index (χ2v) is 3.58. The molecule has 0 aliphatic heterocycles. The van der Waals surface area contributed by atoms with E-state index in [4.69, 9.17) is 9.47 Å². The highest BCUT2D eigenvalue weighted by Gasteiger charge is 2.09. The van der Waals surface area contributed by atoms with Gasteiger partial charge in [-0.1, -0.05) is 6.92 Å². The average molecular weight is 239 g/mol. The summed E-state index contributed by atoms with van der Waals surface area (Å²) in [6, 6.07) is 0. The number of hydrogen-bond acceptors (Lipinski definition) is 5. The fourth-order valence-electron chi connectivity index (χ4n) is 1.53. The number of hydrogen-bond donors (Lipinski definition) is 1. The molecule has 0 atom stereocenters. The van der Waals surface area contributed by atoms with Crippen LogP contribution in [0.15, 0.2) is 6.33 Å². The molecule has 0 radical (unpaired) electrons. The Hall–Kier alpha value is -1.36. The molecule has 1 N–H and O–H groups in total. The summed E-state index contributed by atoms with van der Waals surface area (Å²) >= 11 is 0. The molecule has 1 aromatic heterocycles. The van der Waals surface area contributed by atoms with Crippen LogP contribution < -0.4 is 10.1 Å². The maximum Gasteiger partial charge on any atom is 0.221 e. The van der Waals surface area contributed by atoms with Crippen LogP contribution in [0.25, 0.3) is 0 Å². The SMILES string of the molecule is CCNc1ncnc(OCCCOC)c1CC. The molecule has 0 amide bonds. The lowest BCUT2D eigenvalue weighted by molar-refractivity contribution is 0.170. The summed E-state index contributed by atoms with van der Waals surface area (Å²) in [4.78, 5) is 8.39. The number of rotatable bonds is 8. The molecule has 0 aromatic carbocycles. The molecule has 0 aliphatic carbocycles. The summed E-state index contributed by atoms with van der Waals surface area (Å²) in [5.41, 5.74) is 1.03. The number of aromatic nitrogens is 2. The van der Waals surface area contributed by atoms with Gasteiger partial charge in [0.15, 0.2) is 0 Å². The maximum absolute atomic E-state index is 5.65. The third-order valence-corrected chi connectivity index (χ3v) is 2.34. The second kappa shape index (κ2) is 7.84. The topological polar surface area (TPSA) is 56.3 Å². The van der Waals surface area contributed by atoms with Gasteiger partial charge in [-0.2, -0.15) is 0 Å². The number of nitrogens with one attached hydrogen (secondary N) is 1. The first-order valence-corrected chi connectivity index (χ1v) is 6.02. The van der Waals surface area contributed by atoms with Crippen molar-refractivity contribution < 1.29 is 9.47 Å². The van der Waals surface area contributed by atoms with Crippen LogP contribution in [0, 0.1) is 0 Å². The van der Waals surface area contributed by atoms with Gasteiger partial charge < -0.3 is 14.8 Å². The second-order valence-electron chi connectivity index (χ2n) is 3.58. The third kappa shape index (κ3) is 4.19. The molecule has 1 aromatic rings. The van der Waals surface area contributed by atoms with Crippen LogP contribution in [0.5, 0.6) is 5.88 Å². The lowest BCUT2D eigenvalue weighted by Gasteiger charge is -2.12. The Morgan fingerprint density at radius 3 is 2.71 bits per heavy atom. The summed E-state index contributed by atoms with van der Waals surface area (Å²) in [6.45, 7) is 6.27. The Bertz CT molecular complexity index is 332. The Balaban J connectivity index is 2.66. The van der Waals surface area contributed by atoms with Crippen molar-refractivity contribution in [1.29, 1.82) is 0 Å². The van der Waals surface area contributed by atoms with E-state index >= 15 is 0 Å². The van der Waals surface area contributed by atoms with Crippen LogP contribution in [0.3, 0.4) is 0 Å². The molecular weight excluding hydrogens is 218 g/mol. The molecule has 96 valence electrons. The van der Waals surface area contributed by atoms with Gasteiger partial charge >= 0.3 is 0 Å².